The van der Waals surface area contributed by atoms with Crippen LogP contribution < -0.4 is 10.1 Å². The van der Waals surface area contributed by atoms with Gasteiger partial charge >= 0.3 is 0 Å². The van der Waals surface area contributed by atoms with E-state index in [1.54, 1.807) is 6.20 Å². The first-order chi connectivity index (χ1) is 9.63. The van der Waals surface area contributed by atoms with Gasteiger partial charge in [0.2, 0.25) is 0 Å². The molecule has 0 saturated heterocycles. The monoisotopic (exact) mass is 398 g/mol. The number of nitrogens with one attached hydrogen (secondary N) is 1. The van der Waals surface area contributed by atoms with Crippen LogP contribution in [0.4, 0.5) is 0 Å². The number of halogens is 2. The molecule has 0 spiro atoms. The minimum Gasteiger partial charge on any atom is -0.455 e. The van der Waals surface area contributed by atoms with Crippen molar-refractivity contribution in [3.05, 3.63) is 51.2 Å². The summed E-state index contributed by atoms with van der Waals surface area (Å²) in [5.74, 6) is 1.49. The molecule has 1 N–H and O–H groups in total. The van der Waals surface area contributed by atoms with E-state index in [1.165, 1.54) is 0 Å². The summed E-state index contributed by atoms with van der Waals surface area (Å²) < 4.78 is 7.72. The third-order valence-corrected chi connectivity index (χ3v) is 4.11. The predicted molar refractivity (Wildman–Crippen MR) is 88.2 cm³/mol. The summed E-state index contributed by atoms with van der Waals surface area (Å²) in [5.41, 5.74) is 1.03. The number of ether oxygens (including phenoxy) is 1. The van der Waals surface area contributed by atoms with E-state index in [9.17, 15) is 0 Å². The molecule has 0 radical (unpaired) electrons. The number of benzene rings is 1. The van der Waals surface area contributed by atoms with Gasteiger partial charge in [0.15, 0.2) is 0 Å². The number of rotatable bonds is 5. The van der Waals surface area contributed by atoms with E-state index < -0.39 is 0 Å². The number of pyridine rings is 1. The molecule has 0 aliphatic rings. The highest BCUT2D eigenvalue weighted by Crippen LogP contribution is 2.32. The third kappa shape index (κ3) is 3.81. The Bertz CT molecular complexity index is 569. The minimum absolute atomic E-state index is 0.281. The first-order valence-corrected chi connectivity index (χ1v) is 7.98. The Hall–Kier alpha value is -0.910. The molecular weight excluding hydrogens is 384 g/mol. The van der Waals surface area contributed by atoms with Crippen LogP contribution in [0.3, 0.4) is 0 Å². The summed E-state index contributed by atoms with van der Waals surface area (Å²) in [6.07, 6.45) is 2.76. The average Bonchev–Trinajstić information content (AvgIpc) is 2.45. The zero-order valence-corrected chi connectivity index (χ0v) is 14.5. The molecule has 1 unspecified atom stereocenters. The zero-order valence-electron chi connectivity index (χ0n) is 11.4. The lowest BCUT2D eigenvalue weighted by molar-refractivity contribution is 0.474. The topological polar surface area (TPSA) is 34.1 Å². The van der Waals surface area contributed by atoms with Crippen LogP contribution in [0.2, 0.25) is 0 Å². The van der Waals surface area contributed by atoms with Crippen molar-refractivity contribution < 1.29 is 4.74 Å². The van der Waals surface area contributed by atoms with Gasteiger partial charge in [-0.05, 0) is 59.7 Å². The highest BCUT2D eigenvalue weighted by molar-refractivity contribution is 9.11. The minimum atomic E-state index is 0.281. The number of nitrogens with zero attached hydrogens (tertiary/aromatic N) is 1. The molecule has 1 heterocycles. The molecular formula is C15H16Br2N2O. The maximum absolute atomic E-state index is 5.82. The van der Waals surface area contributed by atoms with Crippen LogP contribution in [-0.2, 0) is 0 Å². The van der Waals surface area contributed by atoms with E-state index in [-0.39, 0.29) is 6.04 Å². The standard InChI is InChI=1S/C15H16Br2N2O/c1-3-13(18-2)14-6-5-11(9-19-14)20-15-7-4-10(16)8-12(15)17/h4-9,13,18H,3H2,1-2H3. The summed E-state index contributed by atoms with van der Waals surface area (Å²) in [7, 11) is 1.94. The quantitative estimate of drug-likeness (QED) is 0.761. The van der Waals surface area contributed by atoms with Crippen molar-refractivity contribution in [3.8, 4) is 11.5 Å². The van der Waals surface area contributed by atoms with E-state index in [4.69, 9.17) is 4.74 Å². The molecule has 2 aromatic rings. The molecule has 0 fully saturated rings. The highest BCUT2D eigenvalue weighted by atomic mass is 79.9. The number of hydrogen-bond donors (Lipinski definition) is 1. The Morgan fingerprint density at radius 2 is 2.05 bits per heavy atom. The fourth-order valence-corrected chi connectivity index (χ4v) is 3.03. The maximum Gasteiger partial charge on any atom is 0.145 e. The fraction of sp³-hybridized carbons (Fsp3) is 0.267. The molecule has 0 bridgehead atoms. The normalized spacial score (nSPS) is 12.2. The maximum atomic E-state index is 5.82. The summed E-state index contributed by atoms with van der Waals surface area (Å²) in [5, 5.41) is 3.24. The van der Waals surface area contributed by atoms with Gasteiger partial charge in [-0.2, -0.15) is 0 Å². The van der Waals surface area contributed by atoms with Gasteiger partial charge in [-0.15, -0.1) is 0 Å². The lowest BCUT2D eigenvalue weighted by Crippen LogP contribution is -2.16. The molecule has 0 amide bonds. The predicted octanol–water partition coefficient (Wildman–Crippen LogP) is 5.07. The first-order valence-electron chi connectivity index (χ1n) is 6.40. The SMILES string of the molecule is CCC(NC)c1ccc(Oc2ccc(Br)cc2Br)cn1. The van der Waals surface area contributed by atoms with Gasteiger partial charge in [-0.3, -0.25) is 4.98 Å². The number of aromatic nitrogens is 1. The van der Waals surface area contributed by atoms with Crippen molar-refractivity contribution in [2.45, 2.75) is 19.4 Å². The van der Waals surface area contributed by atoms with Crippen LogP contribution in [0.25, 0.3) is 0 Å². The molecule has 1 aromatic heterocycles. The molecule has 0 aliphatic carbocycles. The van der Waals surface area contributed by atoms with Gasteiger partial charge in [0, 0.05) is 10.5 Å². The molecule has 0 aliphatic heterocycles. The third-order valence-electron chi connectivity index (χ3n) is 2.99. The Labute approximate surface area is 136 Å². The molecule has 0 saturated carbocycles. The molecule has 2 rings (SSSR count). The van der Waals surface area contributed by atoms with E-state index in [0.29, 0.717) is 0 Å². The van der Waals surface area contributed by atoms with Crippen molar-refractivity contribution in [2.75, 3.05) is 7.05 Å². The van der Waals surface area contributed by atoms with Gasteiger partial charge in [0.05, 0.1) is 16.4 Å². The smallest absolute Gasteiger partial charge is 0.145 e. The summed E-state index contributed by atoms with van der Waals surface area (Å²) >= 11 is 6.90. The van der Waals surface area contributed by atoms with Crippen LogP contribution in [0.1, 0.15) is 25.1 Å². The zero-order chi connectivity index (χ0) is 14.5. The second-order valence-electron chi connectivity index (χ2n) is 4.35. The lowest BCUT2D eigenvalue weighted by atomic mass is 10.1. The molecule has 1 aromatic carbocycles. The van der Waals surface area contributed by atoms with Crippen LogP contribution in [0, 0.1) is 0 Å². The fourth-order valence-electron chi connectivity index (χ4n) is 1.90. The van der Waals surface area contributed by atoms with Crippen LogP contribution in [0.5, 0.6) is 11.5 Å². The van der Waals surface area contributed by atoms with E-state index >= 15 is 0 Å². The average molecular weight is 400 g/mol. The summed E-state index contributed by atoms with van der Waals surface area (Å²) in [6.45, 7) is 2.13. The Morgan fingerprint density at radius 3 is 2.60 bits per heavy atom. The second kappa shape index (κ2) is 7.20. The molecule has 20 heavy (non-hydrogen) atoms. The Balaban J connectivity index is 2.14. The molecule has 106 valence electrons. The second-order valence-corrected chi connectivity index (χ2v) is 6.12. The van der Waals surface area contributed by atoms with E-state index in [1.807, 2.05) is 37.4 Å². The van der Waals surface area contributed by atoms with Crippen molar-refractivity contribution in [1.82, 2.24) is 10.3 Å². The van der Waals surface area contributed by atoms with Crippen molar-refractivity contribution in [2.24, 2.45) is 0 Å². The molecule has 3 nitrogen and oxygen atoms in total. The van der Waals surface area contributed by atoms with Gasteiger partial charge in [0.1, 0.15) is 11.5 Å². The van der Waals surface area contributed by atoms with Gasteiger partial charge in [0.25, 0.3) is 0 Å². The highest BCUT2D eigenvalue weighted by Gasteiger charge is 2.09. The number of hydrogen-bond acceptors (Lipinski definition) is 3. The Kier molecular flexibility index (Phi) is 5.57. The van der Waals surface area contributed by atoms with Crippen molar-refractivity contribution >= 4 is 31.9 Å². The summed E-state index contributed by atoms with van der Waals surface area (Å²) in [6, 6.07) is 10.0. The van der Waals surface area contributed by atoms with E-state index in [0.717, 1.165) is 32.6 Å². The van der Waals surface area contributed by atoms with Crippen LogP contribution >= 0.6 is 31.9 Å². The van der Waals surface area contributed by atoms with Gasteiger partial charge in [-0.25, -0.2) is 0 Å². The lowest BCUT2D eigenvalue weighted by Gasteiger charge is -2.14. The van der Waals surface area contributed by atoms with Crippen LogP contribution in [0.15, 0.2) is 45.5 Å². The Morgan fingerprint density at radius 1 is 1.25 bits per heavy atom. The van der Waals surface area contributed by atoms with Gasteiger partial charge < -0.3 is 10.1 Å². The van der Waals surface area contributed by atoms with Crippen molar-refractivity contribution in [1.29, 1.82) is 0 Å². The van der Waals surface area contributed by atoms with E-state index in [2.05, 4.69) is 49.1 Å². The van der Waals surface area contributed by atoms with Gasteiger partial charge in [-0.1, -0.05) is 22.9 Å². The largest absolute Gasteiger partial charge is 0.455 e. The van der Waals surface area contributed by atoms with Crippen LogP contribution in [-0.4, -0.2) is 12.0 Å². The molecule has 1 atom stereocenters. The first kappa shape index (κ1) is 15.5. The molecule has 5 heteroatoms. The van der Waals surface area contributed by atoms with Crippen molar-refractivity contribution in [3.63, 3.8) is 0 Å². The summed E-state index contributed by atoms with van der Waals surface area (Å²) in [4.78, 5) is 4.45.